The zero-order valence-corrected chi connectivity index (χ0v) is 8.22. The maximum absolute atomic E-state index is 5.61. The van der Waals surface area contributed by atoms with Gasteiger partial charge in [0.2, 0.25) is 0 Å². The molecule has 0 unspecified atom stereocenters. The second kappa shape index (κ2) is 5.47. The predicted octanol–water partition coefficient (Wildman–Crippen LogP) is 2.61. The smallest absolute Gasteiger partial charge is 0.141 e. The largest absolute Gasteiger partial charge is 0.495 e. The summed E-state index contributed by atoms with van der Waals surface area (Å²) >= 11 is 0. The van der Waals surface area contributed by atoms with Gasteiger partial charge in [-0.05, 0) is 24.6 Å². The highest BCUT2D eigenvalue weighted by Gasteiger charge is 1.95. The summed E-state index contributed by atoms with van der Waals surface area (Å²) < 4.78 is 4.97. The Balaban J connectivity index is 0.000000561. The molecular formula is C10H17NO. The van der Waals surface area contributed by atoms with E-state index in [0.717, 1.165) is 11.3 Å². The van der Waals surface area contributed by atoms with Crippen molar-refractivity contribution in [1.82, 2.24) is 0 Å². The fourth-order valence-electron chi connectivity index (χ4n) is 0.854. The molecule has 0 saturated carbocycles. The number of ether oxygens (including phenoxy) is 1. The number of nitrogen functional groups attached to an aromatic ring is 1. The first-order valence-electron chi connectivity index (χ1n) is 4.14. The van der Waals surface area contributed by atoms with Crippen molar-refractivity contribution in [1.29, 1.82) is 0 Å². The predicted molar refractivity (Wildman–Crippen MR) is 53.5 cm³/mol. The molecular weight excluding hydrogens is 150 g/mol. The molecule has 0 fully saturated rings. The summed E-state index contributed by atoms with van der Waals surface area (Å²) in [6.07, 6.45) is 0. The van der Waals surface area contributed by atoms with E-state index in [0.29, 0.717) is 5.69 Å². The average molecular weight is 167 g/mol. The molecule has 12 heavy (non-hydrogen) atoms. The van der Waals surface area contributed by atoms with Crippen molar-refractivity contribution in [3.05, 3.63) is 23.8 Å². The molecule has 2 heteroatoms. The molecule has 1 aromatic rings. The number of hydrogen-bond acceptors (Lipinski definition) is 2. The van der Waals surface area contributed by atoms with E-state index in [4.69, 9.17) is 10.5 Å². The summed E-state index contributed by atoms with van der Waals surface area (Å²) in [5, 5.41) is 0. The van der Waals surface area contributed by atoms with Crippen LogP contribution in [0, 0.1) is 6.92 Å². The number of rotatable bonds is 1. The Hall–Kier alpha value is -1.18. The van der Waals surface area contributed by atoms with Gasteiger partial charge in [-0.15, -0.1) is 0 Å². The highest BCUT2D eigenvalue weighted by atomic mass is 16.5. The van der Waals surface area contributed by atoms with Crippen LogP contribution in [0.4, 0.5) is 5.69 Å². The maximum Gasteiger partial charge on any atom is 0.141 e. The molecule has 1 rings (SSSR count). The maximum atomic E-state index is 5.61. The first-order valence-corrected chi connectivity index (χ1v) is 4.14. The van der Waals surface area contributed by atoms with E-state index in [2.05, 4.69) is 0 Å². The topological polar surface area (TPSA) is 35.2 Å². The molecule has 0 aromatic heterocycles. The van der Waals surface area contributed by atoms with Crippen LogP contribution in [0.25, 0.3) is 0 Å². The summed E-state index contributed by atoms with van der Waals surface area (Å²) in [4.78, 5) is 0. The van der Waals surface area contributed by atoms with Gasteiger partial charge in [0.1, 0.15) is 5.75 Å². The number of nitrogens with two attached hydrogens (primary N) is 1. The van der Waals surface area contributed by atoms with Crippen molar-refractivity contribution in [2.24, 2.45) is 0 Å². The Morgan fingerprint density at radius 1 is 1.25 bits per heavy atom. The lowest BCUT2D eigenvalue weighted by Crippen LogP contribution is -1.91. The van der Waals surface area contributed by atoms with Crippen molar-refractivity contribution in [2.75, 3.05) is 12.8 Å². The molecule has 0 spiro atoms. The van der Waals surface area contributed by atoms with Gasteiger partial charge in [-0.3, -0.25) is 0 Å². The molecule has 0 atom stereocenters. The van der Waals surface area contributed by atoms with Crippen molar-refractivity contribution in [2.45, 2.75) is 20.8 Å². The Labute approximate surface area is 74.4 Å². The van der Waals surface area contributed by atoms with Crippen LogP contribution in [0.2, 0.25) is 0 Å². The van der Waals surface area contributed by atoms with Gasteiger partial charge >= 0.3 is 0 Å². The van der Waals surface area contributed by atoms with Gasteiger partial charge in [-0.1, -0.05) is 19.9 Å². The van der Waals surface area contributed by atoms with Gasteiger partial charge in [0.15, 0.2) is 0 Å². The quantitative estimate of drug-likeness (QED) is 0.652. The van der Waals surface area contributed by atoms with E-state index in [-0.39, 0.29) is 0 Å². The monoisotopic (exact) mass is 167 g/mol. The first kappa shape index (κ1) is 10.8. The Bertz CT molecular complexity index is 233. The molecule has 0 amide bonds. The van der Waals surface area contributed by atoms with E-state index >= 15 is 0 Å². The van der Waals surface area contributed by atoms with Gasteiger partial charge in [-0.2, -0.15) is 0 Å². The first-order chi connectivity index (χ1) is 5.74. The molecule has 0 bridgehead atoms. The van der Waals surface area contributed by atoms with E-state index in [1.54, 1.807) is 7.11 Å². The van der Waals surface area contributed by atoms with Crippen LogP contribution in [-0.4, -0.2) is 7.11 Å². The number of methoxy groups -OCH3 is 1. The highest BCUT2D eigenvalue weighted by molar-refractivity contribution is 5.53. The summed E-state index contributed by atoms with van der Waals surface area (Å²) in [5.41, 5.74) is 7.45. The zero-order chi connectivity index (χ0) is 9.56. The minimum Gasteiger partial charge on any atom is -0.495 e. The van der Waals surface area contributed by atoms with Crippen molar-refractivity contribution < 1.29 is 4.74 Å². The Kier molecular flexibility index (Phi) is 4.93. The van der Waals surface area contributed by atoms with Crippen LogP contribution < -0.4 is 10.5 Å². The second-order valence-corrected chi connectivity index (χ2v) is 2.25. The van der Waals surface area contributed by atoms with E-state index in [1.165, 1.54) is 0 Å². The van der Waals surface area contributed by atoms with Crippen molar-refractivity contribution >= 4 is 5.69 Å². The third-order valence-corrected chi connectivity index (χ3v) is 1.39. The standard InChI is InChI=1S/C8H11NO.C2H6/c1-6-3-4-8(10-2)7(9)5-6;1-2/h3-5H,9H2,1-2H3;1-2H3. The molecule has 0 aliphatic carbocycles. The number of aryl methyl sites for hydroxylation is 1. The van der Waals surface area contributed by atoms with Crippen molar-refractivity contribution in [3.63, 3.8) is 0 Å². The minimum atomic E-state index is 0.697. The normalized spacial score (nSPS) is 8.33. The van der Waals surface area contributed by atoms with Gasteiger partial charge in [0, 0.05) is 0 Å². The third kappa shape index (κ3) is 2.82. The van der Waals surface area contributed by atoms with Gasteiger partial charge in [0.25, 0.3) is 0 Å². The molecule has 0 aliphatic rings. The van der Waals surface area contributed by atoms with E-state index < -0.39 is 0 Å². The lowest BCUT2D eigenvalue weighted by molar-refractivity contribution is 0.417. The van der Waals surface area contributed by atoms with Gasteiger partial charge < -0.3 is 10.5 Å². The molecule has 0 radical (unpaired) electrons. The fourth-order valence-corrected chi connectivity index (χ4v) is 0.854. The molecule has 2 nitrogen and oxygen atoms in total. The number of hydrogen-bond donors (Lipinski definition) is 1. The van der Waals surface area contributed by atoms with E-state index in [9.17, 15) is 0 Å². The molecule has 0 heterocycles. The molecule has 68 valence electrons. The summed E-state index contributed by atoms with van der Waals surface area (Å²) in [6, 6.07) is 5.72. The van der Waals surface area contributed by atoms with E-state index in [1.807, 2.05) is 39.0 Å². The van der Waals surface area contributed by atoms with Crippen LogP contribution in [0.5, 0.6) is 5.75 Å². The van der Waals surface area contributed by atoms with Gasteiger partial charge in [0.05, 0.1) is 12.8 Å². The number of anilines is 1. The lowest BCUT2D eigenvalue weighted by atomic mass is 10.2. The minimum absolute atomic E-state index is 0.697. The van der Waals surface area contributed by atoms with Crippen molar-refractivity contribution in [3.8, 4) is 5.75 Å². The van der Waals surface area contributed by atoms with Crippen LogP contribution in [0.3, 0.4) is 0 Å². The SMILES string of the molecule is CC.COc1ccc(C)cc1N. The summed E-state index contributed by atoms with van der Waals surface area (Å²) in [7, 11) is 1.61. The number of benzene rings is 1. The van der Waals surface area contributed by atoms with Crippen LogP contribution in [0.15, 0.2) is 18.2 Å². The average Bonchev–Trinajstić information content (AvgIpc) is 2.08. The zero-order valence-electron chi connectivity index (χ0n) is 8.22. The fraction of sp³-hybridized carbons (Fsp3) is 0.400. The summed E-state index contributed by atoms with van der Waals surface area (Å²) in [6.45, 7) is 6.00. The molecule has 1 aromatic carbocycles. The second-order valence-electron chi connectivity index (χ2n) is 2.25. The van der Waals surface area contributed by atoms with Crippen LogP contribution in [-0.2, 0) is 0 Å². The third-order valence-electron chi connectivity index (χ3n) is 1.39. The Morgan fingerprint density at radius 3 is 2.25 bits per heavy atom. The van der Waals surface area contributed by atoms with Crippen LogP contribution >= 0.6 is 0 Å². The molecule has 2 N–H and O–H groups in total. The van der Waals surface area contributed by atoms with Gasteiger partial charge in [-0.25, -0.2) is 0 Å². The highest BCUT2D eigenvalue weighted by Crippen LogP contribution is 2.20. The lowest BCUT2D eigenvalue weighted by Gasteiger charge is -2.03. The molecule has 0 saturated heterocycles. The van der Waals surface area contributed by atoms with Crippen LogP contribution in [0.1, 0.15) is 19.4 Å². The summed E-state index contributed by atoms with van der Waals surface area (Å²) in [5.74, 6) is 0.741. The molecule has 0 aliphatic heterocycles. The Morgan fingerprint density at radius 2 is 1.83 bits per heavy atom.